The molecule has 1 amide bonds. The highest BCUT2D eigenvalue weighted by Crippen LogP contribution is 2.22. The average Bonchev–Trinajstić information content (AvgIpc) is 2.53. The molecule has 1 aromatic carbocycles. The van der Waals surface area contributed by atoms with Crippen molar-refractivity contribution in [1.82, 2.24) is 4.31 Å². The Morgan fingerprint density at radius 3 is 2.57 bits per heavy atom. The first-order valence-corrected chi connectivity index (χ1v) is 8.40. The predicted octanol–water partition coefficient (Wildman–Crippen LogP) is -0.342. The van der Waals surface area contributed by atoms with Crippen molar-refractivity contribution in [3.8, 4) is 0 Å². The zero-order valence-electron chi connectivity index (χ0n) is 12.6. The van der Waals surface area contributed by atoms with Gasteiger partial charge in [0, 0.05) is 13.1 Å². The van der Waals surface area contributed by atoms with E-state index < -0.39 is 28.5 Å². The quantitative estimate of drug-likeness (QED) is 0.732. The fourth-order valence-electron chi connectivity index (χ4n) is 2.15. The van der Waals surface area contributed by atoms with E-state index in [1.807, 2.05) is 0 Å². The van der Waals surface area contributed by atoms with Crippen molar-refractivity contribution >= 4 is 21.9 Å². The molecule has 1 aromatic rings. The van der Waals surface area contributed by atoms with Gasteiger partial charge in [0.15, 0.2) is 6.61 Å². The van der Waals surface area contributed by atoms with E-state index in [0.717, 1.165) is 0 Å². The maximum atomic E-state index is 12.7. The molecule has 0 saturated carbocycles. The molecule has 0 radical (unpaired) electrons. The van der Waals surface area contributed by atoms with Crippen molar-refractivity contribution in [2.24, 2.45) is 5.73 Å². The number of morpholine rings is 1. The van der Waals surface area contributed by atoms with E-state index in [9.17, 15) is 18.0 Å². The number of sulfonamides is 1. The van der Waals surface area contributed by atoms with Crippen LogP contribution in [-0.4, -0.2) is 57.5 Å². The molecule has 1 saturated heterocycles. The van der Waals surface area contributed by atoms with E-state index in [-0.39, 0.29) is 23.5 Å². The van der Waals surface area contributed by atoms with Crippen molar-refractivity contribution in [3.05, 3.63) is 29.3 Å². The van der Waals surface area contributed by atoms with Gasteiger partial charge in [-0.2, -0.15) is 4.31 Å². The average molecular weight is 342 g/mol. The predicted molar refractivity (Wildman–Crippen MR) is 80.2 cm³/mol. The highest BCUT2D eigenvalue weighted by Gasteiger charge is 2.28. The van der Waals surface area contributed by atoms with Crippen LogP contribution in [-0.2, 0) is 24.3 Å². The summed E-state index contributed by atoms with van der Waals surface area (Å²) < 4.78 is 36.6. The molecule has 0 bridgehead atoms. The number of carbonyl (C=O) groups excluding carboxylic acids is 2. The third-order valence-electron chi connectivity index (χ3n) is 3.36. The molecule has 1 aliphatic heterocycles. The van der Waals surface area contributed by atoms with Crippen molar-refractivity contribution in [3.63, 3.8) is 0 Å². The van der Waals surface area contributed by atoms with Crippen LogP contribution >= 0.6 is 0 Å². The minimum Gasteiger partial charge on any atom is -0.452 e. The van der Waals surface area contributed by atoms with Gasteiger partial charge in [0.2, 0.25) is 10.0 Å². The smallest absolute Gasteiger partial charge is 0.338 e. The zero-order chi connectivity index (χ0) is 17.0. The number of hydrogen-bond acceptors (Lipinski definition) is 6. The van der Waals surface area contributed by atoms with Crippen LogP contribution in [0.2, 0.25) is 0 Å². The molecule has 0 unspecified atom stereocenters. The SMILES string of the molecule is Cc1ccc(C(=O)OCC(N)=O)cc1S(=O)(=O)N1CCOCC1. The Balaban J connectivity index is 2.29. The lowest BCUT2D eigenvalue weighted by Gasteiger charge is -2.26. The van der Waals surface area contributed by atoms with E-state index >= 15 is 0 Å². The minimum absolute atomic E-state index is 0.0351. The maximum absolute atomic E-state index is 12.7. The van der Waals surface area contributed by atoms with E-state index in [2.05, 4.69) is 0 Å². The molecule has 1 fully saturated rings. The molecular formula is C14H18N2O6S. The van der Waals surface area contributed by atoms with E-state index in [1.54, 1.807) is 6.92 Å². The van der Waals surface area contributed by atoms with Crippen LogP contribution < -0.4 is 5.73 Å². The maximum Gasteiger partial charge on any atom is 0.338 e. The van der Waals surface area contributed by atoms with E-state index in [4.69, 9.17) is 15.2 Å². The summed E-state index contributed by atoms with van der Waals surface area (Å²) in [7, 11) is -3.73. The monoisotopic (exact) mass is 342 g/mol. The first-order valence-electron chi connectivity index (χ1n) is 6.96. The summed E-state index contributed by atoms with van der Waals surface area (Å²) in [6.45, 7) is 2.28. The number of carbonyl (C=O) groups is 2. The van der Waals surface area contributed by atoms with Crippen molar-refractivity contribution in [2.45, 2.75) is 11.8 Å². The highest BCUT2D eigenvalue weighted by molar-refractivity contribution is 7.89. The summed E-state index contributed by atoms with van der Waals surface area (Å²) in [6, 6.07) is 4.22. The summed E-state index contributed by atoms with van der Waals surface area (Å²) in [4.78, 5) is 22.5. The second-order valence-corrected chi connectivity index (χ2v) is 6.95. The van der Waals surface area contributed by atoms with Gasteiger partial charge < -0.3 is 15.2 Å². The largest absolute Gasteiger partial charge is 0.452 e. The van der Waals surface area contributed by atoms with Gasteiger partial charge in [0.05, 0.1) is 23.7 Å². The molecule has 1 aliphatic rings. The molecule has 9 heteroatoms. The summed E-state index contributed by atoms with van der Waals surface area (Å²) in [5.74, 6) is -1.59. The molecule has 0 aliphatic carbocycles. The Morgan fingerprint density at radius 1 is 1.30 bits per heavy atom. The van der Waals surface area contributed by atoms with Crippen LogP contribution in [0.25, 0.3) is 0 Å². The standard InChI is InChI=1S/C14H18N2O6S/c1-10-2-3-11(14(18)22-9-13(15)17)8-12(10)23(19,20)16-4-6-21-7-5-16/h2-3,8H,4-7,9H2,1H3,(H2,15,17). The number of primary amides is 1. The molecule has 2 rings (SSSR count). The van der Waals surface area contributed by atoms with Gasteiger partial charge in [0.1, 0.15) is 0 Å². The van der Waals surface area contributed by atoms with Gasteiger partial charge >= 0.3 is 5.97 Å². The molecule has 0 spiro atoms. The fraction of sp³-hybridized carbons (Fsp3) is 0.429. The number of nitrogens with two attached hydrogens (primary N) is 1. The Morgan fingerprint density at radius 2 is 1.96 bits per heavy atom. The van der Waals surface area contributed by atoms with Crippen molar-refractivity contribution in [2.75, 3.05) is 32.9 Å². The number of esters is 1. The zero-order valence-corrected chi connectivity index (χ0v) is 13.5. The lowest BCUT2D eigenvalue weighted by Crippen LogP contribution is -2.40. The molecule has 2 N–H and O–H groups in total. The lowest BCUT2D eigenvalue weighted by molar-refractivity contribution is -0.121. The molecular weight excluding hydrogens is 324 g/mol. The number of hydrogen-bond donors (Lipinski definition) is 1. The van der Waals surface area contributed by atoms with Crippen molar-refractivity contribution in [1.29, 1.82) is 0 Å². The Bertz CT molecular complexity index is 710. The molecule has 0 aromatic heterocycles. The molecule has 23 heavy (non-hydrogen) atoms. The Kier molecular flexibility index (Phi) is 5.34. The van der Waals surface area contributed by atoms with Crippen LogP contribution in [0, 0.1) is 6.92 Å². The van der Waals surface area contributed by atoms with Gasteiger partial charge in [-0.25, -0.2) is 13.2 Å². The van der Waals surface area contributed by atoms with Gasteiger partial charge in [-0.1, -0.05) is 6.07 Å². The third-order valence-corrected chi connectivity index (χ3v) is 5.40. The van der Waals surface area contributed by atoms with Gasteiger partial charge in [0.25, 0.3) is 5.91 Å². The summed E-state index contributed by atoms with van der Waals surface area (Å²) in [6.07, 6.45) is 0. The van der Waals surface area contributed by atoms with Gasteiger partial charge in [-0.15, -0.1) is 0 Å². The lowest BCUT2D eigenvalue weighted by atomic mass is 10.1. The summed E-state index contributed by atoms with van der Waals surface area (Å²) in [5, 5.41) is 0. The van der Waals surface area contributed by atoms with Crippen LogP contribution in [0.1, 0.15) is 15.9 Å². The molecule has 0 atom stereocenters. The van der Waals surface area contributed by atoms with Crippen LogP contribution in [0.3, 0.4) is 0 Å². The first-order chi connectivity index (χ1) is 10.8. The Hall–Kier alpha value is -1.97. The van der Waals surface area contributed by atoms with Crippen LogP contribution in [0.15, 0.2) is 23.1 Å². The summed E-state index contributed by atoms with van der Waals surface area (Å²) in [5.41, 5.74) is 5.47. The van der Waals surface area contributed by atoms with Gasteiger partial charge in [-0.3, -0.25) is 4.79 Å². The van der Waals surface area contributed by atoms with Crippen molar-refractivity contribution < 1.29 is 27.5 Å². The number of amides is 1. The molecule has 8 nitrogen and oxygen atoms in total. The number of nitrogens with zero attached hydrogens (tertiary/aromatic N) is 1. The second kappa shape index (κ2) is 7.07. The number of benzene rings is 1. The fourth-order valence-corrected chi connectivity index (χ4v) is 3.81. The van der Waals surface area contributed by atoms with Crippen LogP contribution in [0.4, 0.5) is 0 Å². The Labute approximate surface area is 134 Å². The number of ether oxygens (including phenoxy) is 2. The molecule has 1 heterocycles. The summed E-state index contributed by atoms with van der Waals surface area (Å²) >= 11 is 0. The molecule has 126 valence electrons. The minimum atomic E-state index is -3.73. The highest BCUT2D eigenvalue weighted by atomic mass is 32.2. The van der Waals surface area contributed by atoms with E-state index in [0.29, 0.717) is 18.8 Å². The third kappa shape index (κ3) is 4.06. The first kappa shape index (κ1) is 17.4. The van der Waals surface area contributed by atoms with E-state index in [1.165, 1.54) is 22.5 Å². The van der Waals surface area contributed by atoms with Gasteiger partial charge in [-0.05, 0) is 24.6 Å². The number of aryl methyl sites for hydroxylation is 1. The normalized spacial score (nSPS) is 16.0. The van der Waals surface area contributed by atoms with Crippen LogP contribution in [0.5, 0.6) is 0 Å². The topological polar surface area (TPSA) is 116 Å². The number of rotatable bonds is 5. The second-order valence-electron chi connectivity index (χ2n) is 5.04.